The highest BCUT2D eigenvalue weighted by Crippen LogP contribution is 2.23. The first-order valence-corrected chi connectivity index (χ1v) is 7.50. The molecule has 0 aliphatic heterocycles. The molecule has 0 unspecified atom stereocenters. The maximum Gasteiger partial charge on any atom is 0.227 e. The van der Waals surface area contributed by atoms with Gasteiger partial charge >= 0.3 is 0 Å². The van der Waals surface area contributed by atoms with E-state index in [1.807, 2.05) is 11.9 Å². The van der Waals surface area contributed by atoms with Gasteiger partial charge in [0.15, 0.2) is 0 Å². The number of nitrogens with two attached hydrogens (primary N) is 1. The minimum Gasteiger partial charge on any atom is -0.342 e. The Morgan fingerprint density at radius 1 is 1.44 bits per heavy atom. The number of thiophene rings is 1. The van der Waals surface area contributed by atoms with Crippen LogP contribution in [0.2, 0.25) is 0 Å². The van der Waals surface area contributed by atoms with Crippen molar-refractivity contribution in [2.24, 2.45) is 5.73 Å². The van der Waals surface area contributed by atoms with E-state index < -0.39 is 0 Å². The molecule has 18 heavy (non-hydrogen) atoms. The number of nitrogens with zero attached hydrogens (tertiary/aromatic N) is 1. The highest BCUT2D eigenvalue weighted by Gasteiger charge is 2.25. The molecule has 1 aromatic rings. The van der Waals surface area contributed by atoms with Crippen molar-refractivity contribution in [2.45, 2.75) is 51.1 Å². The van der Waals surface area contributed by atoms with Crippen molar-refractivity contribution in [3.05, 3.63) is 21.9 Å². The number of amides is 1. The monoisotopic (exact) mass is 266 g/mol. The van der Waals surface area contributed by atoms with Gasteiger partial charge in [0.05, 0.1) is 6.42 Å². The molecule has 1 fully saturated rings. The van der Waals surface area contributed by atoms with Gasteiger partial charge in [-0.05, 0) is 49.6 Å². The molecule has 100 valence electrons. The fourth-order valence-corrected chi connectivity index (χ4v) is 3.44. The van der Waals surface area contributed by atoms with Crippen LogP contribution in [0, 0.1) is 6.92 Å². The summed E-state index contributed by atoms with van der Waals surface area (Å²) in [6, 6.07) is 2.80. The minimum absolute atomic E-state index is 0.237. The second-order valence-electron chi connectivity index (χ2n) is 5.28. The van der Waals surface area contributed by atoms with Crippen molar-refractivity contribution in [1.82, 2.24) is 4.90 Å². The number of carbonyl (C=O) groups is 1. The zero-order valence-electron chi connectivity index (χ0n) is 11.2. The van der Waals surface area contributed by atoms with Gasteiger partial charge in [-0.3, -0.25) is 4.79 Å². The summed E-state index contributed by atoms with van der Waals surface area (Å²) in [5.41, 5.74) is 7.13. The molecule has 0 saturated heterocycles. The van der Waals surface area contributed by atoms with E-state index >= 15 is 0 Å². The molecule has 0 atom stereocenters. The van der Waals surface area contributed by atoms with Crippen LogP contribution < -0.4 is 5.73 Å². The summed E-state index contributed by atoms with van der Waals surface area (Å²) in [7, 11) is 1.94. The van der Waals surface area contributed by atoms with Gasteiger partial charge in [-0.15, -0.1) is 11.3 Å². The number of carbonyl (C=O) groups excluding carboxylic acids is 1. The van der Waals surface area contributed by atoms with Crippen LogP contribution in [-0.2, 0) is 11.2 Å². The van der Waals surface area contributed by atoms with Gasteiger partial charge in [-0.2, -0.15) is 0 Å². The third-order valence-electron chi connectivity index (χ3n) is 3.96. The standard InChI is InChI=1S/C14H22N2OS/c1-10-7-8-18-13(10)9-14(17)16(2)12-5-3-11(15)4-6-12/h7-8,11-12H,3-6,9,15H2,1-2H3. The Bertz CT molecular complexity index is 408. The Labute approximate surface area is 113 Å². The van der Waals surface area contributed by atoms with E-state index in [9.17, 15) is 4.79 Å². The maximum absolute atomic E-state index is 12.2. The lowest BCUT2D eigenvalue weighted by molar-refractivity contribution is -0.131. The smallest absolute Gasteiger partial charge is 0.227 e. The second kappa shape index (κ2) is 5.85. The van der Waals surface area contributed by atoms with Gasteiger partial charge in [0.1, 0.15) is 0 Å². The molecule has 0 spiro atoms. The molecular weight excluding hydrogens is 244 g/mol. The highest BCUT2D eigenvalue weighted by molar-refractivity contribution is 7.10. The molecule has 3 nitrogen and oxygen atoms in total. The Balaban J connectivity index is 1.91. The lowest BCUT2D eigenvalue weighted by Crippen LogP contribution is -2.42. The van der Waals surface area contributed by atoms with E-state index in [0.29, 0.717) is 18.5 Å². The van der Waals surface area contributed by atoms with E-state index in [2.05, 4.69) is 18.4 Å². The Kier molecular flexibility index (Phi) is 4.40. The quantitative estimate of drug-likeness (QED) is 0.912. The highest BCUT2D eigenvalue weighted by atomic mass is 32.1. The molecule has 1 saturated carbocycles. The van der Waals surface area contributed by atoms with E-state index in [0.717, 1.165) is 25.7 Å². The van der Waals surface area contributed by atoms with Gasteiger partial charge in [0.2, 0.25) is 5.91 Å². The summed E-state index contributed by atoms with van der Waals surface area (Å²) in [6.07, 6.45) is 4.73. The molecule has 0 aromatic carbocycles. The number of hydrogen-bond donors (Lipinski definition) is 1. The number of rotatable bonds is 3. The van der Waals surface area contributed by atoms with Gasteiger partial charge in [0, 0.05) is 24.0 Å². The van der Waals surface area contributed by atoms with Crippen LogP contribution in [0.15, 0.2) is 11.4 Å². The average Bonchev–Trinajstić information content (AvgIpc) is 2.75. The van der Waals surface area contributed by atoms with Crippen molar-refractivity contribution < 1.29 is 4.79 Å². The molecule has 2 N–H and O–H groups in total. The first-order chi connectivity index (χ1) is 8.58. The minimum atomic E-state index is 0.237. The zero-order chi connectivity index (χ0) is 13.1. The van der Waals surface area contributed by atoms with Crippen LogP contribution in [0.3, 0.4) is 0 Å². The summed E-state index contributed by atoms with van der Waals surface area (Å²) in [5.74, 6) is 0.237. The van der Waals surface area contributed by atoms with E-state index in [1.165, 1.54) is 10.4 Å². The molecule has 1 aliphatic rings. The van der Waals surface area contributed by atoms with Crippen molar-refractivity contribution in [2.75, 3.05) is 7.05 Å². The lowest BCUT2D eigenvalue weighted by Gasteiger charge is -2.33. The van der Waals surface area contributed by atoms with E-state index in [-0.39, 0.29) is 5.91 Å². The first kappa shape index (κ1) is 13.6. The second-order valence-corrected chi connectivity index (χ2v) is 6.28. The third-order valence-corrected chi connectivity index (χ3v) is 4.99. The van der Waals surface area contributed by atoms with Crippen molar-refractivity contribution in [3.63, 3.8) is 0 Å². The summed E-state index contributed by atoms with van der Waals surface area (Å²) < 4.78 is 0. The summed E-state index contributed by atoms with van der Waals surface area (Å²) >= 11 is 1.67. The summed E-state index contributed by atoms with van der Waals surface area (Å²) in [6.45, 7) is 2.07. The number of likely N-dealkylation sites (N-methyl/N-ethyl adjacent to an activating group) is 1. The molecule has 1 aliphatic carbocycles. The molecule has 1 aromatic heterocycles. The lowest BCUT2D eigenvalue weighted by atomic mass is 9.91. The van der Waals surface area contributed by atoms with Crippen molar-refractivity contribution >= 4 is 17.2 Å². The van der Waals surface area contributed by atoms with Crippen LogP contribution >= 0.6 is 11.3 Å². The fraction of sp³-hybridized carbons (Fsp3) is 0.643. The van der Waals surface area contributed by atoms with E-state index in [4.69, 9.17) is 5.73 Å². The van der Waals surface area contributed by atoms with Crippen LogP contribution in [0.5, 0.6) is 0 Å². The van der Waals surface area contributed by atoms with Crippen molar-refractivity contribution in [3.8, 4) is 0 Å². The summed E-state index contributed by atoms with van der Waals surface area (Å²) in [5, 5.41) is 2.05. The summed E-state index contributed by atoms with van der Waals surface area (Å²) in [4.78, 5) is 15.4. The molecule has 1 amide bonds. The van der Waals surface area contributed by atoms with Crippen molar-refractivity contribution in [1.29, 1.82) is 0 Å². The van der Waals surface area contributed by atoms with Gasteiger partial charge in [0.25, 0.3) is 0 Å². The Morgan fingerprint density at radius 3 is 2.67 bits per heavy atom. The zero-order valence-corrected chi connectivity index (χ0v) is 12.0. The molecule has 0 bridgehead atoms. The average molecular weight is 266 g/mol. The topological polar surface area (TPSA) is 46.3 Å². The molecule has 4 heteroatoms. The van der Waals surface area contributed by atoms with Crippen LogP contribution in [0.1, 0.15) is 36.1 Å². The Morgan fingerprint density at radius 2 is 2.11 bits per heavy atom. The predicted octanol–water partition coefficient (Wildman–Crippen LogP) is 2.33. The number of hydrogen-bond acceptors (Lipinski definition) is 3. The van der Waals surface area contributed by atoms with Crippen LogP contribution in [0.25, 0.3) is 0 Å². The first-order valence-electron chi connectivity index (χ1n) is 6.62. The van der Waals surface area contributed by atoms with Gasteiger partial charge in [-0.25, -0.2) is 0 Å². The maximum atomic E-state index is 12.2. The predicted molar refractivity (Wildman–Crippen MR) is 75.8 cm³/mol. The van der Waals surface area contributed by atoms with E-state index in [1.54, 1.807) is 11.3 Å². The fourth-order valence-electron chi connectivity index (χ4n) is 2.54. The SMILES string of the molecule is Cc1ccsc1CC(=O)N(C)C1CCC(N)CC1. The Hall–Kier alpha value is -0.870. The normalized spacial score (nSPS) is 23.9. The third kappa shape index (κ3) is 3.12. The molecule has 0 radical (unpaired) electrons. The molecular formula is C14H22N2OS. The van der Waals surface area contributed by atoms with Crippen LogP contribution in [-0.4, -0.2) is 29.9 Å². The van der Waals surface area contributed by atoms with Gasteiger partial charge < -0.3 is 10.6 Å². The van der Waals surface area contributed by atoms with Gasteiger partial charge in [-0.1, -0.05) is 0 Å². The molecule has 1 heterocycles. The van der Waals surface area contributed by atoms with Crippen LogP contribution in [0.4, 0.5) is 0 Å². The largest absolute Gasteiger partial charge is 0.342 e. The molecule has 2 rings (SSSR count). The number of aryl methyl sites for hydroxylation is 1.